The van der Waals surface area contributed by atoms with Gasteiger partial charge in [0.25, 0.3) is 5.34 Å². The van der Waals surface area contributed by atoms with Crippen molar-refractivity contribution in [1.82, 2.24) is 0 Å². The molecule has 0 heterocycles. The van der Waals surface area contributed by atoms with E-state index in [-0.39, 0.29) is 5.56 Å². The quantitative estimate of drug-likeness (QED) is 0.672. The second kappa shape index (κ2) is 6.18. The van der Waals surface area contributed by atoms with Gasteiger partial charge in [-0.25, -0.2) is 4.79 Å². The Bertz CT molecular complexity index is 736. The Morgan fingerprint density at radius 3 is 2.18 bits per heavy atom. The minimum atomic E-state index is -4.19. The van der Waals surface area contributed by atoms with Crippen LogP contribution in [0.25, 0.3) is 10.8 Å². The summed E-state index contributed by atoms with van der Waals surface area (Å²) in [4.78, 5) is 12.1. The summed E-state index contributed by atoms with van der Waals surface area (Å²) >= 11 is 0. The van der Waals surface area contributed by atoms with Gasteiger partial charge in [0.05, 0.1) is 7.11 Å². The summed E-state index contributed by atoms with van der Waals surface area (Å²) in [6.07, 6.45) is 0. The van der Waals surface area contributed by atoms with Gasteiger partial charge in [-0.05, 0) is 16.8 Å². The van der Waals surface area contributed by atoms with Crippen LogP contribution in [0.5, 0.6) is 0 Å². The Labute approximate surface area is 128 Å². The molecule has 0 amide bonds. The van der Waals surface area contributed by atoms with E-state index in [0.29, 0.717) is 0 Å². The zero-order valence-electron chi connectivity index (χ0n) is 12.5. The lowest BCUT2D eigenvalue weighted by molar-refractivity contribution is -0.156. The normalized spacial score (nSPS) is 14.5. The van der Waals surface area contributed by atoms with E-state index in [0.717, 1.165) is 32.1 Å². The summed E-state index contributed by atoms with van der Waals surface area (Å²) in [5.74, 6) is -1.12. The molecule has 0 aliphatic carbocycles. The van der Waals surface area contributed by atoms with Gasteiger partial charge in [-0.15, -0.1) is 0 Å². The van der Waals surface area contributed by atoms with Gasteiger partial charge in [-0.1, -0.05) is 36.4 Å². The first-order valence-corrected chi connectivity index (χ1v) is 7.99. The molecule has 0 bridgehead atoms. The lowest BCUT2D eigenvalue weighted by Crippen LogP contribution is -2.37. The molecular formula is C15H17O6P. The molecule has 6 nitrogen and oxygen atoms in total. The van der Waals surface area contributed by atoms with Gasteiger partial charge in [0, 0.05) is 19.8 Å². The summed E-state index contributed by atoms with van der Waals surface area (Å²) in [5.41, 5.74) is 0.0742. The number of hydrogen-bond donors (Lipinski definition) is 1. The van der Waals surface area contributed by atoms with Crippen LogP contribution in [0.4, 0.5) is 0 Å². The maximum Gasteiger partial charge on any atom is 0.377 e. The number of carbonyl (C=O) groups excluding carboxylic acids is 1. The number of methoxy groups -OCH3 is 1. The average molecular weight is 324 g/mol. The molecule has 118 valence electrons. The van der Waals surface area contributed by atoms with Crippen molar-refractivity contribution >= 4 is 24.3 Å². The van der Waals surface area contributed by atoms with Gasteiger partial charge < -0.3 is 18.9 Å². The van der Waals surface area contributed by atoms with Crippen LogP contribution < -0.4 is 0 Å². The van der Waals surface area contributed by atoms with E-state index in [4.69, 9.17) is 9.05 Å². The third-order valence-electron chi connectivity index (χ3n) is 3.50. The van der Waals surface area contributed by atoms with Crippen molar-refractivity contribution in [1.29, 1.82) is 0 Å². The van der Waals surface area contributed by atoms with Crippen molar-refractivity contribution in [3.05, 3.63) is 48.0 Å². The minimum Gasteiger partial charge on any atom is -0.466 e. The van der Waals surface area contributed by atoms with E-state index >= 15 is 0 Å². The molecule has 1 atom stereocenters. The molecule has 2 aromatic rings. The molecule has 0 fully saturated rings. The van der Waals surface area contributed by atoms with E-state index in [9.17, 15) is 14.5 Å². The van der Waals surface area contributed by atoms with Crippen LogP contribution in [-0.4, -0.2) is 32.4 Å². The molecule has 0 saturated heterocycles. The third kappa shape index (κ3) is 2.44. The summed E-state index contributed by atoms with van der Waals surface area (Å²) in [5, 5.41) is 9.97. The molecule has 2 aromatic carbocycles. The fourth-order valence-electron chi connectivity index (χ4n) is 2.28. The minimum absolute atomic E-state index is 0.0742. The maximum atomic E-state index is 12.7. The second-order valence-electron chi connectivity index (χ2n) is 4.59. The number of fused-ring (bicyclic) bond motifs is 1. The van der Waals surface area contributed by atoms with Gasteiger partial charge in [-0.2, -0.15) is 0 Å². The molecule has 1 N–H and O–H groups in total. The zero-order chi connectivity index (χ0) is 16.4. The zero-order valence-corrected chi connectivity index (χ0v) is 13.4. The highest BCUT2D eigenvalue weighted by Gasteiger charge is 2.58. The fourth-order valence-corrected chi connectivity index (χ4v) is 3.72. The van der Waals surface area contributed by atoms with E-state index in [1.54, 1.807) is 18.2 Å². The number of aliphatic hydroxyl groups is 1. The first-order valence-electron chi connectivity index (χ1n) is 6.44. The molecule has 0 radical (unpaired) electrons. The molecule has 0 aliphatic rings. The number of hydrogen-bond acceptors (Lipinski definition) is 6. The molecular weight excluding hydrogens is 307 g/mol. The van der Waals surface area contributed by atoms with E-state index < -0.39 is 18.9 Å². The average Bonchev–Trinajstić information content (AvgIpc) is 2.58. The molecule has 0 saturated carbocycles. The summed E-state index contributed by atoms with van der Waals surface area (Å²) in [7, 11) is -0.914. The summed E-state index contributed by atoms with van der Waals surface area (Å²) in [6.45, 7) is 0. The van der Waals surface area contributed by atoms with Crippen molar-refractivity contribution in [2.45, 2.75) is 5.34 Å². The lowest BCUT2D eigenvalue weighted by Gasteiger charge is -2.30. The van der Waals surface area contributed by atoms with Crippen LogP contribution in [0.1, 0.15) is 5.56 Å². The molecule has 0 spiro atoms. The molecule has 7 heteroatoms. The van der Waals surface area contributed by atoms with E-state index in [1.807, 2.05) is 18.2 Å². The Hall–Kier alpha value is -1.72. The lowest BCUT2D eigenvalue weighted by atomic mass is 10.0. The number of benzene rings is 2. The van der Waals surface area contributed by atoms with Gasteiger partial charge in [0.15, 0.2) is 0 Å². The highest BCUT2D eigenvalue weighted by molar-refractivity contribution is 7.56. The molecule has 0 unspecified atom stereocenters. The van der Waals surface area contributed by atoms with Crippen LogP contribution in [0.2, 0.25) is 0 Å². The van der Waals surface area contributed by atoms with Crippen molar-refractivity contribution < 1.29 is 28.3 Å². The Balaban J connectivity index is 2.72. The Morgan fingerprint density at radius 1 is 1.05 bits per heavy atom. The third-order valence-corrected chi connectivity index (χ3v) is 5.69. The highest BCUT2D eigenvalue weighted by Crippen LogP contribution is 2.63. The predicted molar refractivity (Wildman–Crippen MR) is 81.5 cm³/mol. The monoisotopic (exact) mass is 324 g/mol. The maximum absolute atomic E-state index is 12.7. The van der Waals surface area contributed by atoms with Crippen LogP contribution >= 0.6 is 7.60 Å². The highest BCUT2D eigenvalue weighted by atomic mass is 31.2. The predicted octanol–water partition coefficient (Wildman–Crippen LogP) is 2.64. The summed E-state index contributed by atoms with van der Waals surface area (Å²) in [6, 6.07) is 12.1. The number of ether oxygens (including phenoxy) is 1. The van der Waals surface area contributed by atoms with Crippen molar-refractivity contribution in [2.75, 3.05) is 21.3 Å². The smallest absolute Gasteiger partial charge is 0.377 e. The first kappa shape index (κ1) is 16.6. The van der Waals surface area contributed by atoms with Crippen molar-refractivity contribution in [3.8, 4) is 0 Å². The first-order chi connectivity index (χ1) is 10.4. The summed E-state index contributed by atoms with van der Waals surface area (Å²) < 4.78 is 27.0. The molecule has 22 heavy (non-hydrogen) atoms. The van der Waals surface area contributed by atoms with Crippen LogP contribution in [0, 0.1) is 0 Å². The van der Waals surface area contributed by atoms with Gasteiger partial charge >= 0.3 is 13.6 Å². The Kier molecular flexibility index (Phi) is 4.68. The second-order valence-corrected chi connectivity index (χ2v) is 6.96. The van der Waals surface area contributed by atoms with Crippen LogP contribution in [-0.2, 0) is 28.5 Å². The fraction of sp³-hybridized carbons (Fsp3) is 0.267. The van der Waals surface area contributed by atoms with Gasteiger partial charge in [0.1, 0.15) is 0 Å². The van der Waals surface area contributed by atoms with E-state index in [2.05, 4.69) is 4.74 Å². The Morgan fingerprint density at radius 2 is 1.64 bits per heavy atom. The number of rotatable bonds is 5. The molecule has 0 aromatic heterocycles. The SMILES string of the molecule is COC(=O)[C@](O)(c1ccc2ccccc2c1)P(=O)(OC)OC. The standard InChI is InChI=1S/C15H17O6P/c1-19-14(16)15(17,22(18,20-2)21-3)13-9-8-11-6-4-5-7-12(11)10-13/h4-10,17H,1-3H3/t15-/m0/s1. The van der Waals surface area contributed by atoms with Crippen molar-refractivity contribution in [2.24, 2.45) is 0 Å². The van der Waals surface area contributed by atoms with Crippen molar-refractivity contribution in [3.63, 3.8) is 0 Å². The van der Waals surface area contributed by atoms with Crippen LogP contribution in [0.3, 0.4) is 0 Å². The molecule has 2 rings (SSSR count). The largest absolute Gasteiger partial charge is 0.466 e. The molecule has 0 aliphatic heterocycles. The topological polar surface area (TPSA) is 82.1 Å². The van der Waals surface area contributed by atoms with Gasteiger partial charge in [-0.3, -0.25) is 4.57 Å². The van der Waals surface area contributed by atoms with Gasteiger partial charge in [0.2, 0.25) is 0 Å². The van der Waals surface area contributed by atoms with Crippen LogP contribution in [0.15, 0.2) is 42.5 Å². The number of carbonyl (C=O) groups is 1. The van der Waals surface area contributed by atoms with E-state index in [1.165, 1.54) is 6.07 Å². The number of esters is 1.